The van der Waals surface area contributed by atoms with E-state index in [0.29, 0.717) is 38.3 Å². The molecule has 222 valence electrons. The van der Waals surface area contributed by atoms with Gasteiger partial charge in [0.15, 0.2) is 0 Å². The van der Waals surface area contributed by atoms with Gasteiger partial charge in [-0.3, -0.25) is 14.5 Å². The van der Waals surface area contributed by atoms with Gasteiger partial charge < -0.3 is 25.4 Å². The van der Waals surface area contributed by atoms with Gasteiger partial charge in [0.2, 0.25) is 11.8 Å². The van der Waals surface area contributed by atoms with Gasteiger partial charge in [-0.05, 0) is 85.3 Å². The van der Waals surface area contributed by atoms with Gasteiger partial charge in [0.05, 0.1) is 5.92 Å². The molecule has 1 saturated heterocycles. The third-order valence-electron chi connectivity index (χ3n) is 6.46. The lowest BCUT2D eigenvalue weighted by Gasteiger charge is -2.31. The van der Waals surface area contributed by atoms with Gasteiger partial charge in [-0.25, -0.2) is 14.6 Å². The van der Waals surface area contributed by atoms with Gasteiger partial charge in [0.25, 0.3) is 0 Å². The van der Waals surface area contributed by atoms with Crippen molar-refractivity contribution in [2.75, 3.05) is 31.1 Å². The summed E-state index contributed by atoms with van der Waals surface area (Å²) in [6, 6.07) is 3.04. The molecule has 0 saturated carbocycles. The highest BCUT2D eigenvalue weighted by Gasteiger charge is 2.32. The topological polar surface area (TPSA) is 139 Å². The van der Waals surface area contributed by atoms with E-state index in [1.165, 1.54) is 0 Å². The van der Waals surface area contributed by atoms with Crippen molar-refractivity contribution in [2.24, 2.45) is 5.92 Å². The Hall–Kier alpha value is -3.21. The maximum atomic E-state index is 12.7. The Morgan fingerprint density at radius 3 is 2.38 bits per heavy atom. The summed E-state index contributed by atoms with van der Waals surface area (Å²) in [6.07, 6.45) is 3.62. The first-order valence-electron chi connectivity index (χ1n) is 14.2. The quantitative estimate of drug-likeness (QED) is 0.294. The number of hydrogen-bond acceptors (Lipinski definition) is 8. The first-order chi connectivity index (χ1) is 18.7. The number of nitrogens with one attached hydrogen (secondary N) is 3. The largest absolute Gasteiger partial charge is 0.458 e. The minimum atomic E-state index is -0.955. The molecule has 2 aliphatic rings. The Balaban J connectivity index is 1.48. The molecule has 0 radical (unpaired) electrons. The predicted octanol–water partition coefficient (Wildman–Crippen LogP) is 2.64. The number of unbranched alkanes of at least 4 members (excludes halogenated alkanes) is 1. The summed E-state index contributed by atoms with van der Waals surface area (Å²) in [4.78, 5) is 56.6. The molecule has 1 fully saturated rings. The molecule has 0 bridgehead atoms. The van der Waals surface area contributed by atoms with Crippen LogP contribution in [0.4, 0.5) is 10.6 Å². The molecule has 40 heavy (non-hydrogen) atoms. The molecule has 11 nitrogen and oxygen atoms in total. The SMILES string of the molecule is CC(C)(C)OC(=O)[C@H](CNC(=O)CCCCc1ccc2c(n1)N(C(=O)OC(C)(C)C)CCC2)NC(=O)C1CNC1. The molecule has 0 aromatic carbocycles. The van der Waals surface area contributed by atoms with E-state index < -0.39 is 23.2 Å². The van der Waals surface area contributed by atoms with Crippen LogP contribution in [0.25, 0.3) is 0 Å². The molecule has 3 N–H and O–H groups in total. The van der Waals surface area contributed by atoms with Crippen LogP contribution in [0.2, 0.25) is 0 Å². The predicted molar refractivity (Wildman–Crippen MR) is 151 cm³/mol. The van der Waals surface area contributed by atoms with Crippen LogP contribution in [0, 0.1) is 5.92 Å². The summed E-state index contributed by atoms with van der Waals surface area (Å²) in [5.41, 5.74) is 0.587. The van der Waals surface area contributed by atoms with E-state index in [1.807, 2.05) is 32.9 Å². The molecular weight excluding hydrogens is 514 g/mol. The summed E-state index contributed by atoms with van der Waals surface area (Å²) in [6.45, 7) is 12.5. The number of aromatic nitrogens is 1. The minimum absolute atomic E-state index is 0.0352. The fourth-order valence-corrected chi connectivity index (χ4v) is 4.34. The molecule has 3 rings (SSSR count). The lowest BCUT2D eigenvalue weighted by atomic mass is 10.0. The third-order valence-corrected chi connectivity index (χ3v) is 6.46. The van der Waals surface area contributed by atoms with Gasteiger partial charge in [0, 0.05) is 38.3 Å². The number of fused-ring (bicyclic) bond motifs is 1. The molecule has 2 aliphatic heterocycles. The van der Waals surface area contributed by atoms with Crippen LogP contribution in [0.15, 0.2) is 12.1 Å². The monoisotopic (exact) mass is 559 g/mol. The van der Waals surface area contributed by atoms with Gasteiger partial charge in [-0.15, -0.1) is 0 Å². The highest BCUT2D eigenvalue weighted by atomic mass is 16.6. The van der Waals surface area contributed by atoms with Crippen LogP contribution in [-0.2, 0) is 36.7 Å². The number of rotatable bonds is 10. The van der Waals surface area contributed by atoms with E-state index in [0.717, 1.165) is 30.5 Å². The smallest absolute Gasteiger partial charge is 0.416 e. The van der Waals surface area contributed by atoms with Crippen molar-refractivity contribution >= 4 is 29.7 Å². The maximum absolute atomic E-state index is 12.7. The van der Waals surface area contributed by atoms with Gasteiger partial charge in [-0.1, -0.05) is 6.07 Å². The second kappa shape index (κ2) is 13.4. The normalized spacial score (nSPS) is 16.3. The second-order valence-electron chi connectivity index (χ2n) is 12.5. The van der Waals surface area contributed by atoms with E-state index in [-0.39, 0.29) is 36.8 Å². The van der Waals surface area contributed by atoms with E-state index in [2.05, 4.69) is 16.0 Å². The first kappa shape index (κ1) is 31.3. The van der Waals surface area contributed by atoms with Crippen molar-refractivity contribution in [2.45, 2.75) is 97.3 Å². The molecule has 11 heteroatoms. The number of hydrogen-bond donors (Lipinski definition) is 3. The molecule has 0 unspecified atom stereocenters. The van der Waals surface area contributed by atoms with E-state index in [9.17, 15) is 19.2 Å². The highest BCUT2D eigenvalue weighted by Crippen LogP contribution is 2.27. The zero-order valence-corrected chi connectivity index (χ0v) is 24.7. The number of carbonyl (C=O) groups excluding carboxylic acids is 4. The van der Waals surface area contributed by atoms with Crippen molar-refractivity contribution in [3.8, 4) is 0 Å². The molecule has 3 heterocycles. The lowest BCUT2D eigenvalue weighted by molar-refractivity contribution is -0.158. The maximum Gasteiger partial charge on any atom is 0.416 e. The van der Waals surface area contributed by atoms with E-state index in [4.69, 9.17) is 14.5 Å². The summed E-state index contributed by atoms with van der Waals surface area (Å²) < 4.78 is 11.0. The summed E-state index contributed by atoms with van der Waals surface area (Å²) in [7, 11) is 0. The highest BCUT2D eigenvalue weighted by molar-refractivity contribution is 5.88. The second-order valence-corrected chi connectivity index (χ2v) is 12.5. The molecule has 3 amide bonds. The van der Waals surface area contributed by atoms with Crippen molar-refractivity contribution in [1.82, 2.24) is 20.9 Å². The first-order valence-corrected chi connectivity index (χ1v) is 14.2. The van der Waals surface area contributed by atoms with E-state index >= 15 is 0 Å². The number of pyridine rings is 1. The Morgan fingerprint density at radius 2 is 1.75 bits per heavy atom. The van der Waals surface area contributed by atoms with Gasteiger partial charge in [0.1, 0.15) is 23.1 Å². The Labute approximate surface area is 237 Å². The van der Waals surface area contributed by atoms with Crippen LogP contribution >= 0.6 is 0 Å². The number of anilines is 1. The third kappa shape index (κ3) is 9.76. The number of carbonyl (C=O) groups is 4. The summed E-state index contributed by atoms with van der Waals surface area (Å²) >= 11 is 0. The van der Waals surface area contributed by atoms with Gasteiger partial charge in [-0.2, -0.15) is 0 Å². The van der Waals surface area contributed by atoms with Crippen LogP contribution in [-0.4, -0.2) is 72.3 Å². The molecular formula is C29H45N5O6. The van der Waals surface area contributed by atoms with Crippen molar-refractivity contribution < 1.29 is 28.7 Å². The van der Waals surface area contributed by atoms with Crippen molar-refractivity contribution in [3.05, 3.63) is 23.4 Å². The standard InChI is InChI=1S/C29H45N5O6/c1-28(2,3)39-26(37)22(33-25(36)20-16-30-17-20)18-31-23(35)12-8-7-11-21-14-13-19-10-9-15-34(24(19)32-21)27(38)40-29(4,5)6/h13-14,20,22,30H,7-12,15-18H2,1-6H3,(H,31,35)(H,33,36)/t22-/m0/s1. The minimum Gasteiger partial charge on any atom is -0.458 e. The van der Waals surface area contributed by atoms with Crippen LogP contribution in [0.1, 0.15) is 78.5 Å². The molecule has 0 spiro atoms. The lowest BCUT2D eigenvalue weighted by Crippen LogP contribution is -2.57. The number of aryl methyl sites for hydroxylation is 2. The Morgan fingerprint density at radius 1 is 1.05 bits per heavy atom. The van der Waals surface area contributed by atoms with Crippen molar-refractivity contribution in [3.63, 3.8) is 0 Å². The average Bonchev–Trinajstić information content (AvgIpc) is 2.80. The van der Waals surface area contributed by atoms with Crippen LogP contribution < -0.4 is 20.9 Å². The zero-order chi connectivity index (χ0) is 29.5. The number of ether oxygens (including phenoxy) is 2. The number of nitrogens with zero attached hydrogens (tertiary/aromatic N) is 2. The number of amides is 3. The summed E-state index contributed by atoms with van der Waals surface area (Å²) in [5, 5.41) is 8.51. The van der Waals surface area contributed by atoms with E-state index in [1.54, 1.807) is 25.7 Å². The zero-order valence-electron chi connectivity index (χ0n) is 24.7. The molecule has 0 aliphatic carbocycles. The van der Waals surface area contributed by atoms with Gasteiger partial charge >= 0.3 is 12.1 Å². The van der Waals surface area contributed by atoms with Crippen molar-refractivity contribution in [1.29, 1.82) is 0 Å². The Kier molecular flexibility index (Phi) is 10.5. The molecule has 1 aromatic rings. The Bertz CT molecular complexity index is 1070. The summed E-state index contributed by atoms with van der Waals surface area (Å²) in [5.74, 6) is -0.542. The van der Waals surface area contributed by atoms with Crippen LogP contribution in [0.5, 0.6) is 0 Å². The fraction of sp³-hybridized carbons (Fsp3) is 0.690. The number of esters is 1. The molecule has 1 atom stereocenters. The van der Waals surface area contributed by atoms with Crippen LogP contribution in [0.3, 0.4) is 0 Å². The fourth-order valence-electron chi connectivity index (χ4n) is 4.34. The average molecular weight is 560 g/mol. The molecule has 1 aromatic heterocycles.